The second-order valence-corrected chi connectivity index (χ2v) is 3.59. The highest BCUT2D eigenvalue weighted by Gasteiger charge is 2.20. The van der Waals surface area contributed by atoms with E-state index >= 15 is 0 Å². The Bertz CT molecular complexity index is 147. The smallest absolute Gasteiger partial charge is 0.320 e. The molecule has 0 bridgehead atoms. The van der Waals surface area contributed by atoms with Gasteiger partial charge in [0, 0.05) is 0 Å². The number of carboxylic acid groups (broad SMARTS) is 1. The highest BCUT2D eigenvalue weighted by atomic mass is 16.4. The molecule has 3 nitrogen and oxygen atoms in total. The molecule has 3 N–H and O–H groups in total. The minimum absolute atomic E-state index is 0.0671. The molecule has 72 valence electrons. The molecule has 2 unspecified atom stereocenters. The maximum Gasteiger partial charge on any atom is 0.320 e. The van der Waals surface area contributed by atoms with Crippen molar-refractivity contribution in [3.05, 3.63) is 0 Å². The Balaban J connectivity index is 3.86. The number of carboxylic acids is 1. The van der Waals surface area contributed by atoms with Gasteiger partial charge in [-0.1, -0.05) is 27.2 Å². The van der Waals surface area contributed by atoms with Crippen LogP contribution in [0.1, 0.15) is 33.6 Å². The first-order valence-electron chi connectivity index (χ1n) is 4.47. The van der Waals surface area contributed by atoms with Gasteiger partial charge in [-0.3, -0.25) is 4.79 Å². The van der Waals surface area contributed by atoms with Gasteiger partial charge in [0.1, 0.15) is 6.04 Å². The van der Waals surface area contributed by atoms with Crippen LogP contribution in [0.5, 0.6) is 0 Å². The fourth-order valence-corrected chi connectivity index (χ4v) is 1.19. The van der Waals surface area contributed by atoms with E-state index in [4.69, 9.17) is 10.8 Å². The summed E-state index contributed by atoms with van der Waals surface area (Å²) in [5, 5.41) is 8.61. The zero-order chi connectivity index (χ0) is 9.72. The lowest BCUT2D eigenvalue weighted by Crippen LogP contribution is -2.37. The third-order valence-electron chi connectivity index (χ3n) is 2.37. The van der Waals surface area contributed by atoms with Gasteiger partial charge in [-0.15, -0.1) is 0 Å². The van der Waals surface area contributed by atoms with E-state index in [0.29, 0.717) is 5.92 Å². The van der Waals surface area contributed by atoms with Gasteiger partial charge in [0.05, 0.1) is 0 Å². The molecule has 0 amide bonds. The molecule has 12 heavy (non-hydrogen) atoms. The maximum absolute atomic E-state index is 10.5. The van der Waals surface area contributed by atoms with E-state index in [2.05, 4.69) is 13.8 Å². The van der Waals surface area contributed by atoms with Crippen molar-refractivity contribution in [3.63, 3.8) is 0 Å². The van der Waals surface area contributed by atoms with E-state index in [1.165, 1.54) is 0 Å². The summed E-state index contributed by atoms with van der Waals surface area (Å²) >= 11 is 0. The number of carbonyl (C=O) groups is 1. The zero-order valence-electron chi connectivity index (χ0n) is 8.08. The lowest BCUT2D eigenvalue weighted by atomic mass is 9.90. The Morgan fingerprint density at radius 1 is 1.50 bits per heavy atom. The minimum atomic E-state index is -0.897. The second kappa shape index (κ2) is 5.14. The first-order valence-corrected chi connectivity index (χ1v) is 4.47. The molecule has 3 atom stereocenters. The van der Waals surface area contributed by atoms with Crippen LogP contribution in [0.2, 0.25) is 0 Å². The van der Waals surface area contributed by atoms with E-state index in [0.717, 1.165) is 12.8 Å². The average Bonchev–Trinajstić information content (AvgIpc) is 2.02. The van der Waals surface area contributed by atoms with Gasteiger partial charge >= 0.3 is 5.97 Å². The molecule has 0 aliphatic carbocycles. The van der Waals surface area contributed by atoms with Crippen LogP contribution in [0.25, 0.3) is 0 Å². The molecular weight excluding hydrogens is 154 g/mol. The largest absolute Gasteiger partial charge is 0.480 e. The Morgan fingerprint density at radius 2 is 2.00 bits per heavy atom. The Labute approximate surface area is 74.0 Å². The van der Waals surface area contributed by atoms with Crippen molar-refractivity contribution in [1.29, 1.82) is 0 Å². The number of hydrogen-bond donors (Lipinski definition) is 2. The van der Waals surface area contributed by atoms with Gasteiger partial charge in [0.25, 0.3) is 0 Å². The summed E-state index contributed by atoms with van der Waals surface area (Å²) in [5.74, 6) is -0.270. The van der Waals surface area contributed by atoms with Crippen molar-refractivity contribution in [2.24, 2.45) is 17.6 Å². The fraction of sp³-hybridized carbons (Fsp3) is 0.889. The number of rotatable bonds is 5. The van der Waals surface area contributed by atoms with Crippen LogP contribution in [0.4, 0.5) is 0 Å². The van der Waals surface area contributed by atoms with Crippen LogP contribution in [-0.2, 0) is 4.79 Å². The first-order chi connectivity index (χ1) is 5.49. The molecular formula is C9H19NO2. The minimum Gasteiger partial charge on any atom is -0.480 e. The number of hydrogen-bond acceptors (Lipinski definition) is 2. The van der Waals surface area contributed by atoms with E-state index in [-0.39, 0.29) is 5.92 Å². The predicted molar refractivity (Wildman–Crippen MR) is 48.8 cm³/mol. The monoisotopic (exact) mass is 173 g/mol. The van der Waals surface area contributed by atoms with Gasteiger partial charge in [-0.2, -0.15) is 0 Å². The normalized spacial score (nSPS) is 18.3. The van der Waals surface area contributed by atoms with Crippen LogP contribution in [0.15, 0.2) is 0 Å². The first kappa shape index (κ1) is 11.4. The van der Waals surface area contributed by atoms with E-state index in [1.54, 1.807) is 0 Å². The van der Waals surface area contributed by atoms with Crippen LogP contribution in [0.3, 0.4) is 0 Å². The Kier molecular flexibility index (Phi) is 4.90. The van der Waals surface area contributed by atoms with Crippen molar-refractivity contribution in [2.75, 3.05) is 0 Å². The number of nitrogens with two attached hydrogens (primary N) is 1. The molecule has 0 aromatic rings. The highest BCUT2D eigenvalue weighted by molar-refractivity contribution is 5.73. The summed E-state index contributed by atoms with van der Waals surface area (Å²) in [7, 11) is 0. The SMILES string of the molecule is CC[C@H](C)CC(C)C(N)C(=O)O. The molecule has 0 heterocycles. The van der Waals surface area contributed by atoms with Gasteiger partial charge in [0.15, 0.2) is 0 Å². The third-order valence-corrected chi connectivity index (χ3v) is 2.37. The van der Waals surface area contributed by atoms with Crippen LogP contribution in [0, 0.1) is 11.8 Å². The lowest BCUT2D eigenvalue weighted by molar-refractivity contribution is -0.139. The van der Waals surface area contributed by atoms with E-state index in [9.17, 15) is 4.79 Å². The molecule has 0 fully saturated rings. The molecule has 0 rings (SSSR count). The summed E-state index contributed by atoms with van der Waals surface area (Å²) in [4.78, 5) is 10.5. The van der Waals surface area contributed by atoms with Gasteiger partial charge in [-0.25, -0.2) is 0 Å². The predicted octanol–water partition coefficient (Wildman–Crippen LogP) is 1.47. The molecule has 3 heteroatoms. The third kappa shape index (κ3) is 3.72. The fourth-order valence-electron chi connectivity index (χ4n) is 1.19. The van der Waals surface area contributed by atoms with Gasteiger partial charge in [0.2, 0.25) is 0 Å². The van der Waals surface area contributed by atoms with Crippen molar-refractivity contribution in [2.45, 2.75) is 39.7 Å². The van der Waals surface area contributed by atoms with Gasteiger partial charge < -0.3 is 10.8 Å². The molecule has 0 aliphatic rings. The lowest BCUT2D eigenvalue weighted by Gasteiger charge is -2.18. The molecule has 0 aliphatic heterocycles. The molecule has 0 radical (unpaired) electrons. The van der Waals surface area contributed by atoms with Crippen molar-refractivity contribution < 1.29 is 9.90 Å². The highest BCUT2D eigenvalue weighted by Crippen LogP contribution is 2.16. The van der Waals surface area contributed by atoms with Crippen molar-refractivity contribution in [1.82, 2.24) is 0 Å². The molecule has 0 saturated carbocycles. The number of aliphatic carboxylic acids is 1. The Hall–Kier alpha value is -0.570. The summed E-state index contributed by atoms with van der Waals surface area (Å²) in [6, 6.07) is -0.709. The van der Waals surface area contributed by atoms with Crippen LogP contribution < -0.4 is 5.73 Å². The quantitative estimate of drug-likeness (QED) is 0.661. The summed E-state index contributed by atoms with van der Waals surface area (Å²) < 4.78 is 0. The summed E-state index contributed by atoms with van der Waals surface area (Å²) in [6.45, 7) is 6.11. The van der Waals surface area contributed by atoms with Crippen molar-refractivity contribution in [3.8, 4) is 0 Å². The molecule has 0 aromatic heterocycles. The molecule has 0 spiro atoms. The van der Waals surface area contributed by atoms with Crippen LogP contribution in [-0.4, -0.2) is 17.1 Å². The van der Waals surface area contributed by atoms with Crippen LogP contribution >= 0.6 is 0 Å². The topological polar surface area (TPSA) is 63.3 Å². The zero-order valence-corrected chi connectivity index (χ0v) is 8.08. The van der Waals surface area contributed by atoms with E-state index < -0.39 is 12.0 Å². The van der Waals surface area contributed by atoms with Gasteiger partial charge in [-0.05, 0) is 18.3 Å². The standard InChI is InChI=1S/C9H19NO2/c1-4-6(2)5-7(3)8(10)9(11)12/h6-8H,4-5,10H2,1-3H3,(H,11,12)/t6-,7?,8?/m0/s1. The maximum atomic E-state index is 10.5. The Morgan fingerprint density at radius 3 is 2.33 bits per heavy atom. The van der Waals surface area contributed by atoms with Crippen molar-refractivity contribution >= 4 is 5.97 Å². The second-order valence-electron chi connectivity index (χ2n) is 3.59. The summed E-state index contributed by atoms with van der Waals surface area (Å²) in [6.07, 6.45) is 1.97. The summed E-state index contributed by atoms with van der Waals surface area (Å²) in [5.41, 5.74) is 5.46. The van der Waals surface area contributed by atoms with E-state index in [1.807, 2.05) is 6.92 Å². The average molecular weight is 173 g/mol. The molecule has 0 saturated heterocycles. The molecule has 0 aromatic carbocycles.